The second-order valence-corrected chi connectivity index (χ2v) is 5.66. The molecule has 0 amide bonds. The third-order valence-corrected chi connectivity index (χ3v) is 0.408. The summed E-state index contributed by atoms with van der Waals surface area (Å²) in [6.45, 7) is 12.4. The lowest BCUT2D eigenvalue weighted by Crippen LogP contribution is -1.84. The molecule has 0 saturated heterocycles. The maximum absolute atomic E-state index is 9.59. The zero-order valence-corrected chi connectivity index (χ0v) is 11.3. The highest BCUT2D eigenvalue weighted by Crippen LogP contribution is 2.01. The minimum atomic E-state index is -0.870. The van der Waals surface area contributed by atoms with Crippen LogP contribution in [0.1, 0.15) is 13.8 Å². The van der Waals surface area contributed by atoms with E-state index in [1.54, 1.807) is 26.7 Å². The molecule has 5 heteroatoms. The van der Waals surface area contributed by atoms with E-state index in [4.69, 9.17) is 4.74 Å². The lowest BCUT2D eigenvalue weighted by molar-refractivity contribution is 0.162. The summed E-state index contributed by atoms with van der Waals surface area (Å²) < 4.78 is 24.0. The van der Waals surface area contributed by atoms with Crippen molar-refractivity contribution in [2.75, 3.05) is 39.9 Å². The highest BCUT2D eigenvalue weighted by molar-refractivity contribution is 7.42. The summed E-state index contributed by atoms with van der Waals surface area (Å²) in [5.74, 6) is 0. The lowest BCUT2D eigenvalue weighted by Gasteiger charge is -1.86. The molecule has 0 unspecified atom stereocenters. The highest BCUT2D eigenvalue weighted by Gasteiger charge is 1.80. The first-order valence-electron chi connectivity index (χ1n) is 4.15. The zero-order chi connectivity index (χ0) is 11.3. The van der Waals surface area contributed by atoms with Gasteiger partial charge in [0.2, 0.25) is 0 Å². The maximum Gasteiger partial charge on any atom is 0.332 e. The fourth-order valence-electron chi connectivity index (χ4n) is 0.204. The van der Waals surface area contributed by atoms with Crippen LogP contribution in [0.15, 0.2) is 0 Å². The Morgan fingerprint density at radius 1 is 0.846 bits per heavy atom. The molecule has 13 heavy (non-hydrogen) atoms. The summed E-state index contributed by atoms with van der Waals surface area (Å²) in [7, 11) is -1.74. The van der Waals surface area contributed by atoms with Crippen LogP contribution in [0.5, 0.6) is 0 Å². The summed E-state index contributed by atoms with van der Waals surface area (Å²) in [4.78, 5) is 0. The van der Waals surface area contributed by atoms with Crippen LogP contribution in [0.25, 0.3) is 0 Å². The van der Waals surface area contributed by atoms with Crippen molar-refractivity contribution in [3.05, 3.63) is 0 Å². The number of hydrogen-bond donors (Lipinski definition) is 0. The quantitative estimate of drug-likeness (QED) is 0.681. The SMILES string of the molecule is CCOCC.C[P+](C)=O.C[P+](C)=O. The van der Waals surface area contributed by atoms with Gasteiger partial charge < -0.3 is 4.74 Å². The molecule has 0 aromatic heterocycles. The van der Waals surface area contributed by atoms with Crippen molar-refractivity contribution in [1.82, 2.24) is 0 Å². The zero-order valence-electron chi connectivity index (χ0n) is 9.53. The standard InChI is InChI=1S/C4H10O.2C2H6OP/c1-3-5-4-2;2*1-4(2)3/h3-4H2,1-2H3;2*1-2H3/q;2*+1. The normalized spacial score (nSPS) is 7.23. The molecule has 0 aliphatic heterocycles. The Labute approximate surface area is 83.8 Å². The number of hydrogen-bond acceptors (Lipinski definition) is 3. The monoisotopic (exact) mass is 228 g/mol. The second-order valence-electron chi connectivity index (χ2n) is 2.41. The minimum absolute atomic E-state index is 0.844. The first-order valence-corrected chi connectivity index (χ1v) is 8.45. The van der Waals surface area contributed by atoms with E-state index in [9.17, 15) is 9.13 Å². The molecular formula is C8H22O3P2+2. The van der Waals surface area contributed by atoms with Crippen LogP contribution in [0, 0.1) is 0 Å². The molecule has 0 heterocycles. The van der Waals surface area contributed by atoms with E-state index in [-0.39, 0.29) is 0 Å². The van der Waals surface area contributed by atoms with Gasteiger partial charge in [0.1, 0.15) is 26.7 Å². The van der Waals surface area contributed by atoms with Gasteiger partial charge in [-0.25, -0.2) is 0 Å². The Bertz CT molecular complexity index is 105. The second kappa shape index (κ2) is 18.0. The Morgan fingerprint density at radius 2 is 1.00 bits per heavy atom. The molecule has 80 valence electrons. The minimum Gasteiger partial charge on any atom is -0.382 e. The van der Waals surface area contributed by atoms with Crippen molar-refractivity contribution in [3.8, 4) is 0 Å². The molecule has 0 aromatic rings. The third kappa shape index (κ3) is 269. The van der Waals surface area contributed by atoms with Crippen LogP contribution in [-0.4, -0.2) is 39.9 Å². The van der Waals surface area contributed by atoms with E-state index < -0.39 is 15.6 Å². The average molecular weight is 228 g/mol. The van der Waals surface area contributed by atoms with E-state index in [1.807, 2.05) is 13.8 Å². The smallest absolute Gasteiger partial charge is 0.332 e. The third-order valence-electron chi connectivity index (χ3n) is 0.408. The fourth-order valence-corrected chi connectivity index (χ4v) is 0.204. The van der Waals surface area contributed by atoms with Gasteiger partial charge in [0.15, 0.2) is 0 Å². The molecule has 0 rings (SSSR count). The first-order chi connectivity index (χ1) is 5.88. The van der Waals surface area contributed by atoms with Gasteiger partial charge in [0.05, 0.1) is 0 Å². The Morgan fingerprint density at radius 3 is 1.00 bits per heavy atom. The molecule has 0 radical (unpaired) electrons. The van der Waals surface area contributed by atoms with Crippen molar-refractivity contribution in [1.29, 1.82) is 0 Å². The Hall–Kier alpha value is 0.160. The summed E-state index contributed by atoms with van der Waals surface area (Å²) in [6.07, 6.45) is 0. The molecule has 0 spiro atoms. The van der Waals surface area contributed by atoms with Gasteiger partial charge in [-0.1, -0.05) is 9.13 Å². The molecule has 0 aromatic carbocycles. The maximum atomic E-state index is 9.59. The molecule has 0 fully saturated rings. The molecule has 0 N–H and O–H groups in total. The topological polar surface area (TPSA) is 43.4 Å². The van der Waals surface area contributed by atoms with E-state index >= 15 is 0 Å². The van der Waals surface area contributed by atoms with Gasteiger partial charge >= 0.3 is 15.6 Å². The van der Waals surface area contributed by atoms with Gasteiger partial charge in [0.25, 0.3) is 0 Å². The summed E-state index contributed by atoms with van der Waals surface area (Å²) in [5, 5.41) is 0. The number of ether oxygens (including phenoxy) is 1. The van der Waals surface area contributed by atoms with Crippen molar-refractivity contribution >= 4 is 15.6 Å². The summed E-state index contributed by atoms with van der Waals surface area (Å²) >= 11 is 0. The fraction of sp³-hybridized carbons (Fsp3) is 1.00. The van der Waals surface area contributed by atoms with E-state index in [1.165, 1.54) is 0 Å². The molecule has 0 saturated carbocycles. The van der Waals surface area contributed by atoms with Crippen LogP contribution in [-0.2, 0) is 13.9 Å². The van der Waals surface area contributed by atoms with Gasteiger partial charge in [-0.05, 0) is 13.8 Å². The molecule has 0 aliphatic carbocycles. The van der Waals surface area contributed by atoms with Crippen LogP contribution in [0.2, 0.25) is 0 Å². The van der Waals surface area contributed by atoms with Crippen molar-refractivity contribution in [3.63, 3.8) is 0 Å². The largest absolute Gasteiger partial charge is 0.382 e. The first kappa shape index (κ1) is 18.9. The Balaban J connectivity index is -0.000000117. The summed E-state index contributed by atoms with van der Waals surface area (Å²) in [5.41, 5.74) is 0. The number of rotatable bonds is 2. The van der Waals surface area contributed by atoms with E-state index in [0.29, 0.717) is 0 Å². The van der Waals surface area contributed by atoms with Crippen LogP contribution in [0.3, 0.4) is 0 Å². The predicted octanol–water partition coefficient (Wildman–Crippen LogP) is 3.19. The van der Waals surface area contributed by atoms with Gasteiger partial charge in [-0.2, -0.15) is 0 Å². The molecular weight excluding hydrogens is 206 g/mol. The highest BCUT2D eigenvalue weighted by atomic mass is 31.1. The van der Waals surface area contributed by atoms with Gasteiger partial charge in [0, 0.05) is 13.2 Å². The van der Waals surface area contributed by atoms with E-state index in [0.717, 1.165) is 13.2 Å². The molecule has 0 aliphatic rings. The van der Waals surface area contributed by atoms with Gasteiger partial charge in [-0.15, -0.1) is 0 Å². The molecule has 3 nitrogen and oxygen atoms in total. The van der Waals surface area contributed by atoms with Crippen LogP contribution in [0.4, 0.5) is 0 Å². The predicted molar refractivity (Wildman–Crippen MR) is 61.1 cm³/mol. The van der Waals surface area contributed by atoms with Gasteiger partial charge in [-0.3, -0.25) is 0 Å². The van der Waals surface area contributed by atoms with Crippen LogP contribution >= 0.6 is 15.6 Å². The van der Waals surface area contributed by atoms with Crippen molar-refractivity contribution < 1.29 is 13.9 Å². The lowest BCUT2D eigenvalue weighted by atomic mass is 10.8. The molecule has 0 atom stereocenters. The average Bonchev–Trinajstić information content (AvgIpc) is 1.86. The van der Waals surface area contributed by atoms with Crippen molar-refractivity contribution in [2.24, 2.45) is 0 Å². The summed E-state index contributed by atoms with van der Waals surface area (Å²) in [6, 6.07) is 0. The molecule has 0 bridgehead atoms. The van der Waals surface area contributed by atoms with Crippen molar-refractivity contribution in [2.45, 2.75) is 13.8 Å². The Kier molecular flexibility index (Phi) is 26.2. The van der Waals surface area contributed by atoms with E-state index in [2.05, 4.69) is 0 Å². The van der Waals surface area contributed by atoms with Crippen LogP contribution < -0.4 is 0 Å².